The van der Waals surface area contributed by atoms with Crippen molar-refractivity contribution in [3.05, 3.63) is 29.8 Å². The first kappa shape index (κ1) is 8.26. The van der Waals surface area contributed by atoms with Crippen LogP contribution in [-0.4, -0.2) is 25.6 Å². The summed E-state index contributed by atoms with van der Waals surface area (Å²) in [4.78, 5) is 11.4. The predicted molar refractivity (Wildman–Crippen MR) is 47.1 cm³/mol. The van der Waals surface area contributed by atoms with Gasteiger partial charge in [0, 0.05) is 5.56 Å². The molecular formula is C10H10O3. The monoisotopic (exact) mass is 178 g/mol. The van der Waals surface area contributed by atoms with E-state index in [0.29, 0.717) is 12.2 Å². The lowest BCUT2D eigenvalue weighted by molar-refractivity contribution is 0.0953. The third kappa shape index (κ3) is 1.70. The Labute approximate surface area is 76.3 Å². The van der Waals surface area contributed by atoms with E-state index in [4.69, 9.17) is 9.47 Å². The van der Waals surface area contributed by atoms with Gasteiger partial charge in [0.05, 0.1) is 13.7 Å². The quantitative estimate of drug-likeness (QED) is 0.517. The van der Waals surface area contributed by atoms with E-state index in [0.717, 1.165) is 5.75 Å². The summed E-state index contributed by atoms with van der Waals surface area (Å²) in [6.45, 7) is 0.560. The van der Waals surface area contributed by atoms with Gasteiger partial charge in [0.2, 0.25) is 0 Å². The molecule has 13 heavy (non-hydrogen) atoms. The van der Waals surface area contributed by atoms with Crippen molar-refractivity contribution in [1.82, 2.24) is 0 Å². The average Bonchev–Trinajstić information content (AvgIpc) is 3.00. The summed E-state index contributed by atoms with van der Waals surface area (Å²) in [6.07, 6.45) is -0.201. The van der Waals surface area contributed by atoms with Gasteiger partial charge >= 0.3 is 0 Å². The number of ketones is 1. The summed E-state index contributed by atoms with van der Waals surface area (Å²) in [5.74, 6) is 0.816. The van der Waals surface area contributed by atoms with Gasteiger partial charge in [-0.1, -0.05) is 0 Å². The molecule has 1 heterocycles. The SMILES string of the molecule is COc1ccc(C(=O)C2CO2)cc1. The molecule has 0 amide bonds. The second-order valence-electron chi connectivity index (χ2n) is 2.91. The zero-order valence-electron chi connectivity index (χ0n) is 7.32. The number of hydrogen-bond acceptors (Lipinski definition) is 3. The highest BCUT2D eigenvalue weighted by molar-refractivity contribution is 6.00. The number of carbonyl (C=O) groups is 1. The molecular weight excluding hydrogens is 168 g/mol. The first-order valence-electron chi connectivity index (χ1n) is 4.11. The number of epoxide rings is 1. The standard InChI is InChI=1S/C10H10O3/c1-12-8-4-2-7(3-5-8)10(11)9-6-13-9/h2-5,9H,6H2,1H3. The lowest BCUT2D eigenvalue weighted by Gasteiger charge is -2.00. The molecule has 0 spiro atoms. The zero-order valence-corrected chi connectivity index (χ0v) is 7.32. The van der Waals surface area contributed by atoms with E-state index in [2.05, 4.69) is 0 Å². The van der Waals surface area contributed by atoms with Crippen molar-refractivity contribution in [3.63, 3.8) is 0 Å². The summed E-state index contributed by atoms with van der Waals surface area (Å²) in [6, 6.07) is 7.05. The summed E-state index contributed by atoms with van der Waals surface area (Å²) >= 11 is 0. The zero-order chi connectivity index (χ0) is 9.26. The van der Waals surface area contributed by atoms with Crippen molar-refractivity contribution < 1.29 is 14.3 Å². The summed E-state index contributed by atoms with van der Waals surface area (Å²) < 4.78 is 9.88. The fraction of sp³-hybridized carbons (Fsp3) is 0.300. The van der Waals surface area contributed by atoms with E-state index < -0.39 is 0 Å². The molecule has 0 aromatic heterocycles. The molecule has 3 nitrogen and oxygen atoms in total. The maximum atomic E-state index is 11.4. The Morgan fingerprint density at radius 1 is 1.46 bits per heavy atom. The van der Waals surface area contributed by atoms with Gasteiger partial charge in [0.15, 0.2) is 5.78 Å². The highest BCUT2D eigenvalue weighted by Gasteiger charge is 2.31. The van der Waals surface area contributed by atoms with Crippen LogP contribution in [0.4, 0.5) is 0 Å². The molecule has 1 aromatic rings. The van der Waals surface area contributed by atoms with Gasteiger partial charge in [-0.15, -0.1) is 0 Å². The highest BCUT2D eigenvalue weighted by atomic mass is 16.6. The largest absolute Gasteiger partial charge is 0.497 e. The van der Waals surface area contributed by atoms with Gasteiger partial charge in [-0.05, 0) is 24.3 Å². The smallest absolute Gasteiger partial charge is 0.193 e. The normalized spacial score (nSPS) is 19.6. The number of ether oxygens (including phenoxy) is 2. The minimum atomic E-state index is -0.201. The fourth-order valence-corrected chi connectivity index (χ4v) is 1.14. The minimum absolute atomic E-state index is 0.0580. The van der Waals surface area contributed by atoms with Crippen LogP contribution in [0.2, 0.25) is 0 Å². The minimum Gasteiger partial charge on any atom is -0.497 e. The van der Waals surface area contributed by atoms with Crippen LogP contribution in [-0.2, 0) is 4.74 Å². The number of benzene rings is 1. The van der Waals surface area contributed by atoms with Crippen LogP contribution in [0.1, 0.15) is 10.4 Å². The Hall–Kier alpha value is -1.35. The Bertz CT molecular complexity index is 311. The summed E-state index contributed by atoms with van der Waals surface area (Å²) in [5.41, 5.74) is 0.684. The first-order valence-corrected chi connectivity index (χ1v) is 4.11. The van der Waals surface area contributed by atoms with E-state index in [1.54, 1.807) is 31.4 Å². The van der Waals surface area contributed by atoms with Crippen LogP contribution < -0.4 is 4.74 Å². The van der Waals surface area contributed by atoms with Crippen molar-refractivity contribution in [2.75, 3.05) is 13.7 Å². The van der Waals surface area contributed by atoms with Gasteiger partial charge in [0.1, 0.15) is 11.9 Å². The van der Waals surface area contributed by atoms with Gasteiger partial charge in [0.25, 0.3) is 0 Å². The molecule has 3 heteroatoms. The molecule has 2 rings (SSSR count). The van der Waals surface area contributed by atoms with Gasteiger partial charge in [-0.25, -0.2) is 0 Å². The van der Waals surface area contributed by atoms with E-state index >= 15 is 0 Å². The average molecular weight is 178 g/mol. The molecule has 0 bridgehead atoms. The van der Waals surface area contributed by atoms with Crippen molar-refractivity contribution in [1.29, 1.82) is 0 Å². The Kier molecular flexibility index (Phi) is 2.02. The van der Waals surface area contributed by atoms with Crippen LogP contribution >= 0.6 is 0 Å². The molecule has 1 aliphatic rings. The third-order valence-corrected chi connectivity index (χ3v) is 2.00. The molecule has 1 aromatic carbocycles. The molecule has 0 N–H and O–H groups in total. The number of methoxy groups -OCH3 is 1. The number of Topliss-reactive ketones (excluding diaryl/α,β-unsaturated/α-hetero) is 1. The second-order valence-corrected chi connectivity index (χ2v) is 2.91. The molecule has 0 aliphatic carbocycles. The van der Waals surface area contributed by atoms with Crippen molar-refractivity contribution in [2.45, 2.75) is 6.10 Å². The van der Waals surface area contributed by atoms with Gasteiger partial charge in [-0.3, -0.25) is 4.79 Å². The molecule has 1 fully saturated rings. The first-order chi connectivity index (χ1) is 6.31. The maximum Gasteiger partial charge on any atom is 0.193 e. The molecule has 1 atom stereocenters. The molecule has 1 aliphatic heterocycles. The van der Waals surface area contributed by atoms with E-state index in [-0.39, 0.29) is 11.9 Å². The van der Waals surface area contributed by atoms with Gasteiger partial charge in [-0.2, -0.15) is 0 Å². The predicted octanol–water partition coefficient (Wildman–Crippen LogP) is 1.28. The number of carbonyl (C=O) groups excluding carboxylic acids is 1. The lowest BCUT2D eigenvalue weighted by Crippen LogP contribution is -2.06. The molecule has 68 valence electrons. The van der Waals surface area contributed by atoms with Crippen molar-refractivity contribution in [2.24, 2.45) is 0 Å². The molecule has 0 radical (unpaired) electrons. The Morgan fingerprint density at radius 3 is 2.54 bits per heavy atom. The van der Waals surface area contributed by atoms with E-state index in [9.17, 15) is 4.79 Å². The van der Waals surface area contributed by atoms with Crippen molar-refractivity contribution >= 4 is 5.78 Å². The lowest BCUT2D eigenvalue weighted by atomic mass is 10.1. The Morgan fingerprint density at radius 2 is 2.08 bits per heavy atom. The van der Waals surface area contributed by atoms with Gasteiger partial charge < -0.3 is 9.47 Å². The number of rotatable bonds is 3. The van der Waals surface area contributed by atoms with Crippen LogP contribution in [0.3, 0.4) is 0 Å². The molecule has 0 saturated carbocycles. The summed E-state index contributed by atoms with van der Waals surface area (Å²) in [7, 11) is 1.60. The third-order valence-electron chi connectivity index (χ3n) is 2.00. The molecule has 1 saturated heterocycles. The summed E-state index contributed by atoms with van der Waals surface area (Å²) in [5, 5.41) is 0. The van der Waals surface area contributed by atoms with Crippen molar-refractivity contribution in [3.8, 4) is 5.75 Å². The van der Waals surface area contributed by atoms with Crippen LogP contribution in [0.25, 0.3) is 0 Å². The topological polar surface area (TPSA) is 38.8 Å². The maximum absolute atomic E-state index is 11.4. The van der Waals surface area contributed by atoms with Crippen LogP contribution in [0.15, 0.2) is 24.3 Å². The molecule has 1 unspecified atom stereocenters. The Balaban J connectivity index is 2.16. The van der Waals surface area contributed by atoms with Crippen LogP contribution in [0.5, 0.6) is 5.75 Å². The highest BCUT2D eigenvalue weighted by Crippen LogP contribution is 2.18. The van der Waals surface area contributed by atoms with E-state index in [1.807, 2.05) is 0 Å². The second kappa shape index (κ2) is 3.18. The fourth-order valence-electron chi connectivity index (χ4n) is 1.14. The van der Waals surface area contributed by atoms with Crippen LogP contribution in [0, 0.1) is 0 Å². The van der Waals surface area contributed by atoms with E-state index in [1.165, 1.54) is 0 Å². The number of hydrogen-bond donors (Lipinski definition) is 0.